The van der Waals surface area contributed by atoms with E-state index in [2.05, 4.69) is 0 Å². The van der Waals surface area contributed by atoms with E-state index in [1.165, 1.54) is 6.07 Å². The van der Waals surface area contributed by atoms with Crippen molar-refractivity contribution in [3.05, 3.63) is 76.4 Å². The molecule has 0 saturated carbocycles. The Labute approximate surface area is 111 Å². The molecule has 0 N–H and O–H groups in total. The fraction of sp³-hybridized carbons (Fsp3) is 0.0667. The van der Waals surface area contributed by atoms with E-state index in [1.807, 2.05) is 42.5 Å². The van der Waals surface area contributed by atoms with Crippen molar-refractivity contribution in [2.75, 3.05) is 6.61 Å². The molecule has 0 radical (unpaired) electrons. The average Bonchev–Trinajstić information content (AvgIpc) is 2.45. The Morgan fingerprint density at radius 3 is 2.47 bits per heavy atom. The summed E-state index contributed by atoms with van der Waals surface area (Å²) in [6.07, 6.45) is 3.74. The van der Waals surface area contributed by atoms with Gasteiger partial charge in [0, 0.05) is 6.07 Å². The number of nitro groups is 1. The summed E-state index contributed by atoms with van der Waals surface area (Å²) < 4.78 is 5.39. The van der Waals surface area contributed by atoms with Crippen LogP contribution in [0, 0.1) is 10.1 Å². The van der Waals surface area contributed by atoms with Crippen molar-refractivity contribution >= 4 is 11.8 Å². The standard InChI is InChI=1S/C15H13NO3/c17-16(18)14-10-4-5-11-15(14)19-12-6-9-13-7-2-1-3-8-13/h1-11H,12H2. The van der Waals surface area contributed by atoms with E-state index in [4.69, 9.17) is 4.74 Å². The van der Waals surface area contributed by atoms with Gasteiger partial charge in [0.25, 0.3) is 0 Å². The quantitative estimate of drug-likeness (QED) is 0.604. The second-order valence-electron chi connectivity index (χ2n) is 3.85. The van der Waals surface area contributed by atoms with Gasteiger partial charge in [-0.25, -0.2) is 0 Å². The van der Waals surface area contributed by atoms with Gasteiger partial charge in [0.15, 0.2) is 5.75 Å². The molecule has 2 aromatic rings. The van der Waals surface area contributed by atoms with Gasteiger partial charge >= 0.3 is 5.69 Å². The molecule has 96 valence electrons. The highest BCUT2D eigenvalue weighted by Gasteiger charge is 2.12. The third kappa shape index (κ3) is 3.67. The number of nitrogens with zero attached hydrogens (tertiary/aromatic N) is 1. The highest BCUT2D eigenvalue weighted by Crippen LogP contribution is 2.25. The second kappa shape index (κ2) is 6.35. The first kappa shape index (κ1) is 12.8. The summed E-state index contributed by atoms with van der Waals surface area (Å²) >= 11 is 0. The van der Waals surface area contributed by atoms with Crippen LogP contribution in [0.15, 0.2) is 60.7 Å². The first-order chi connectivity index (χ1) is 9.27. The maximum atomic E-state index is 10.8. The van der Waals surface area contributed by atoms with Crippen LogP contribution < -0.4 is 4.74 Å². The molecule has 0 amide bonds. The van der Waals surface area contributed by atoms with Crippen molar-refractivity contribution in [2.24, 2.45) is 0 Å². The summed E-state index contributed by atoms with van der Waals surface area (Å²) in [7, 11) is 0. The number of hydrogen-bond donors (Lipinski definition) is 0. The van der Waals surface area contributed by atoms with E-state index in [-0.39, 0.29) is 11.4 Å². The van der Waals surface area contributed by atoms with Crippen LogP contribution in [0.25, 0.3) is 6.08 Å². The van der Waals surface area contributed by atoms with Crippen LogP contribution in [0.2, 0.25) is 0 Å². The molecule has 0 aliphatic carbocycles. The lowest BCUT2D eigenvalue weighted by Gasteiger charge is -2.03. The number of rotatable bonds is 5. The zero-order valence-electron chi connectivity index (χ0n) is 10.2. The number of benzene rings is 2. The molecule has 4 heteroatoms. The average molecular weight is 255 g/mol. The molecule has 0 bridgehead atoms. The molecule has 0 spiro atoms. The summed E-state index contributed by atoms with van der Waals surface area (Å²) in [5.74, 6) is 0.283. The van der Waals surface area contributed by atoms with Crippen LogP contribution in [-0.2, 0) is 0 Å². The normalized spacial score (nSPS) is 10.5. The highest BCUT2D eigenvalue weighted by molar-refractivity contribution is 5.49. The number of para-hydroxylation sites is 2. The first-order valence-electron chi connectivity index (χ1n) is 5.85. The van der Waals surface area contributed by atoms with Gasteiger partial charge in [0.05, 0.1) is 4.92 Å². The number of ether oxygens (including phenoxy) is 1. The zero-order valence-corrected chi connectivity index (χ0v) is 10.2. The van der Waals surface area contributed by atoms with E-state index in [1.54, 1.807) is 18.2 Å². The van der Waals surface area contributed by atoms with Crippen LogP contribution in [-0.4, -0.2) is 11.5 Å². The van der Waals surface area contributed by atoms with Crippen molar-refractivity contribution in [3.8, 4) is 5.75 Å². The summed E-state index contributed by atoms with van der Waals surface area (Å²) in [4.78, 5) is 10.3. The molecule has 0 fully saturated rings. The predicted octanol–water partition coefficient (Wildman–Crippen LogP) is 3.69. The second-order valence-corrected chi connectivity index (χ2v) is 3.85. The summed E-state index contributed by atoms with van der Waals surface area (Å²) in [5.41, 5.74) is 1.05. The van der Waals surface area contributed by atoms with Crippen LogP contribution in [0.5, 0.6) is 5.75 Å². The smallest absolute Gasteiger partial charge is 0.310 e. The molecule has 2 rings (SSSR count). The summed E-state index contributed by atoms with van der Waals surface area (Å²) in [6, 6.07) is 16.1. The molecular formula is C15H13NO3. The molecule has 0 unspecified atom stereocenters. The van der Waals surface area contributed by atoms with Crippen molar-refractivity contribution in [2.45, 2.75) is 0 Å². The SMILES string of the molecule is O=[N+]([O-])c1ccccc1OCC=Cc1ccccc1. The Morgan fingerprint density at radius 1 is 1.05 bits per heavy atom. The molecule has 0 aromatic heterocycles. The van der Waals surface area contributed by atoms with Crippen LogP contribution in [0.4, 0.5) is 5.69 Å². The topological polar surface area (TPSA) is 52.4 Å². The minimum Gasteiger partial charge on any atom is -0.483 e. The Morgan fingerprint density at radius 2 is 1.74 bits per heavy atom. The maximum absolute atomic E-state index is 10.8. The monoisotopic (exact) mass is 255 g/mol. The Balaban J connectivity index is 1.96. The van der Waals surface area contributed by atoms with Crippen molar-refractivity contribution in [3.63, 3.8) is 0 Å². The first-order valence-corrected chi connectivity index (χ1v) is 5.85. The largest absolute Gasteiger partial charge is 0.483 e. The van der Waals surface area contributed by atoms with E-state index in [0.717, 1.165) is 5.56 Å². The lowest BCUT2D eigenvalue weighted by Crippen LogP contribution is -1.97. The Kier molecular flexibility index (Phi) is 4.29. The van der Waals surface area contributed by atoms with Crippen LogP contribution in [0.1, 0.15) is 5.56 Å². The van der Waals surface area contributed by atoms with Gasteiger partial charge in [-0.05, 0) is 17.7 Å². The van der Waals surface area contributed by atoms with Crippen molar-refractivity contribution < 1.29 is 9.66 Å². The number of hydrogen-bond acceptors (Lipinski definition) is 3. The van der Waals surface area contributed by atoms with Crippen molar-refractivity contribution in [1.29, 1.82) is 0 Å². The van der Waals surface area contributed by atoms with E-state index < -0.39 is 4.92 Å². The fourth-order valence-corrected chi connectivity index (χ4v) is 1.62. The van der Waals surface area contributed by atoms with Gasteiger partial charge in [-0.2, -0.15) is 0 Å². The predicted molar refractivity (Wildman–Crippen MR) is 74.1 cm³/mol. The van der Waals surface area contributed by atoms with Crippen LogP contribution in [0.3, 0.4) is 0 Å². The molecule has 0 aliphatic heterocycles. The fourth-order valence-electron chi connectivity index (χ4n) is 1.62. The Hall–Kier alpha value is -2.62. The molecule has 4 nitrogen and oxygen atoms in total. The molecule has 2 aromatic carbocycles. The van der Waals surface area contributed by atoms with Gasteiger partial charge in [-0.1, -0.05) is 48.5 Å². The Bertz CT molecular complexity index is 579. The summed E-state index contributed by atoms with van der Waals surface area (Å²) in [6.45, 7) is 0.291. The molecule has 19 heavy (non-hydrogen) atoms. The number of nitro benzene ring substituents is 1. The van der Waals surface area contributed by atoms with Crippen LogP contribution >= 0.6 is 0 Å². The highest BCUT2D eigenvalue weighted by atomic mass is 16.6. The minimum absolute atomic E-state index is 0.0180. The van der Waals surface area contributed by atoms with Crippen molar-refractivity contribution in [1.82, 2.24) is 0 Å². The molecule has 0 aliphatic rings. The lowest BCUT2D eigenvalue weighted by atomic mass is 10.2. The lowest BCUT2D eigenvalue weighted by molar-refractivity contribution is -0.385. The molecule has 0 heterocycles. The van der Waals surface area contributed by atoms with Gasteiger partial charge in [0.2, 0.25) is 0 Å². The molecule has 0 atom stereocenters. The minimum atomic E-state index is -0.448. The zero-order chi connectivity index (χ0) is 13.5. The van der Waals surface area contributed by atoms with Gasteiger partial charge < -0.3 is 4.74 Å². The summed E-state index contributed by atoms with van der Waals surface area (Å²) in [5, 5.41) is 10.8. The van der Waals surface area contributed by atoms with E-state index in [9.17, 15) is 10.1 Å². The van der Waals surface area contributed by atoms with Gasteiger partial charge in [-0.15, -0.1) is 0 Å². The van der Waals surface area contributed by atoms with Gasteiger partial charge in [-0.3, -0.25) is 10.1 Å². The third-order valence-electron chi connectivity index (χ3n) is 2.51. The van der Waals surface area contributed by atoms with E-state index >= 15 is 0 Å². The third-order valence-corrected chi connectivity index (χ3v) is 2.51. The van der Waals surface area contributed by atoms with Gasteiger partial charge in [0.1, 0.15) is 6.61 Å². The maximum Gasteiger partial charge on any atom is 0.310 e. The van der Waals surface area contributed by atoms with E-state index in [0.29, 0.717) is 6.61 Å². The molecule has 0 saturated heterocycles. The molecular weight excluding hydrogens is 242 g/mol.